The highest BCUT2D eigenvalue weighted by molar-refractivity contribution is 9.10. The SMILES string of the molecule is CCN(CCNc1nc(Br)cs1)C1CC1. The predicted octanol–water partition coefficient (Wildman–Crippen LogP) is 2.80. The van der Waals surface area contributed by atoms with E-state index in [0.717, 1.165) is 35.4 Å². The van der Waals surface area contributed by atoms with Crippen molar-refractivity contribution in [2.75, 3.05) is 25.0 Å². The van der Waals surface area contributed by atoms with E-state index >= 15 is 0 Å². The molecule has 5 heteroatoms. The number of rotatable bonds is 6. The minimum Gasteiger partial charge on any atom is -0.360 e. The Bertz CT molecular complexity index is 311. The molecule has 0 bridgehead atoms. The van der Waals surface area contributed by atoms with Crippen molar-refractivity contribution in [3.05, 3.63) is 9.98 Å². The number of likely N-dealkylation sites (N-methyl/N-ethyl adjacent to an activating group) is 1. The molecule has 1 aromatic rings. The van der Waals surface area contributed by atoms with E-state index in [0.29, 0.717) is 0 Å². The van der Waals surface area contributed by atoms with Gasteiger partial charge in [0.05, 0.1) is 0 Å². The second-order valence-corrected chi connectivity index (χ2v) is 5.43. The zero-order valence-corrected chi connectivity index (χ0v) is 11.3. The molecule has 0 spiro atoms. The summed E-state index contributed by atoms with van der Waals surface area (Å²) in [5.74, 6) is 0. The summed E-state index contributed by atoms with van der Waals surface area (Å²) in [5.41, 5.74) is 0. The topological polar surface area (TPSA) is 28.2 Å². The summed E-state index contributed by atoms with van der Waals surface area (Å²) < 4.78 is 0.921. The quantitative estimate of drug-likeness (QED) is 0.873. The summed E-state index contributed by atoms with van der Waals surface area (Å²) in [6.07, 6.45) is 2.77. The number of nitrogens with one attached hydrogen (secondary N) is 1. The van der Waals surface area contributed by atoms with Gasteiger partial charge in [-0.1, -0.05) is 6.92 Å². The molecule has 1 aromatic heterocycles. The molecule has 1 saturated carbocycles. The molecule has 0 radical (unpaired) electrons. The van der Waals surface area contributed by atoms with E-state index in [2.05, 4.69) is 38.1 Å². The van der Waals surface area contributed by atoms with Gasteiger partial charge in [-0.05, 0) is 35.3 Å². The second-order valence-electron chi connectivity index (χ2n) is 3.76. The summed E-state index contributed by atoms with van der Waals surface area (Å²) in [6, 6.07) is 0.861. The molecule has 1 aliphatic carbocycles. The van der Waals surface area contributed by atoms with Gasteiger partial charge in [0.15, 0.2) is 5.13 Å². The lowest BCUT2D eigenvalue weighted by Gasteiger charge is -2.19. The normalized spacial score (nSPS) is 15.9. The standard InChI is InChI=1S/C10H16BrN3S/c1-2-14(8-3-4-8)6-5-12-10-13-9(11)7-15-10/h7-8H,2-6H2,1H3,(H,12,13). The molecule has 2 rings (SSSR count). The van der Waals surface area contributed by atoms with Gasteiger partial charge in [-0.25, -0.2) is 4.98 Å². The van der Waals surface area contributed by atoms with Crippen LogP contribution in [0.5, 0.6) is 0 Å². The molecule has 1 fully saturated rings. The summed E-state index contributed by atoms with van der Waals surface area (Å²) >= 11 is 4.99. The van der Waals surface area contributed by atoms with Crippen molar-refractivity contribution in [3.63, 3.8) is 0 Å². The van der Waals surface area contributed by atoms with E-state index in [-0.39, 0.29) is 0 Å². The van der Waals surface area contributed by atoms with E-state index in [9.17, 15) is 0 Å². The Morgan fingerprint density at radius 1 is 1.67 bits per heavy atom. The molecule has 84 valence electrons. The number of hydrogen-bond acceptors (Lipinski definition) is 4. The van der Waals surface area contributed by atoms with E-state index in [4.69, 9.17) is 0 Å². The monoisotopic (exact) mass is 289 g/mol. The third-order valence-corrected chi connectivity index (χ3v) is 4.13. The molecule has 1 heterocycles. The van der Waals surface area contributed by atoms with E-state index in [1.807, 2.05) is 5.38 Å². The molecule has 1 N–H and O–H groups in total. The van der Waals surface area contributed by atoms with Gasteiger partial charge in [-0.15, -0.1) is 11.3 Å². The number of anilines is 1. The lowest BCUT2D eigenvalue weighted by atomic mass is 10.4. The lowest BCUT2D eigenvalue weighted by Crippen LogP contribution is -2.30. The van der Waals surface area contributed by atoms with Gasteiger partial charge in [-0.3, -0.25) is 4.90 Å². The van der Waals surface area contributed by atoms with Crippen LogP contribution in [-0.4, -0.2) is 35.6 Å². The Hall–Kier alpha value is -0.130. The van der Waals surface area contributed by atoms with Crippen molar-refractivity contribution in [3.8, 4) is 0 Å². The van der Waals surface area contributed by atoms with E-state index in [1.165, 1.54) is 12.8 Å². The minimum absolute atomic E-state index is 0.861. The van der Waals surface area contributed by atoms with Crippen LogP contribution in [0.15, 0.2) is 9.98 Å². The Balaban J connectivity index is 1.69. The summed E-state index contributed by atoms with van der Waals surface area (Å²) in [4.78, 5) is 6.84. The Morgan fingerprint density at radius 2 is 2.47 bits per heavy atom. The maximum absolute atomic E-state index is 4.30. The van der Waals surface area contributed by atoms with Crippen LogP contribution in [0.3, 0.4) is 0 Å². The molecule has 0 atom stereocenters. The Kier molecular flexibility index (Phi) is 3.99. The van der Waals surface area contributed by atoms with Crippen LogP contribution in [-0.2, 0) is 0 Å². The van der Waals surface area contributed by atoms with Crippen molar-refractivity contribution < 1.29 is 0 Å². The summed E-state index contributed by atoms with van der Waals surface area (Å²) in [5, 5.41) is 6.36. The lowest BCUT2D eigenvalue weighted by molar-refractivity contribution is 0.289. The summed E-state index contributed by atoms with van der Waals surface area (Å²) in [7, 11) is 0. The molecular formula is C10H16BrN3S. The highest BCUT2D eigenvalue weighted by Crippen LogP contribution is 2.26. The van der Waals surface area contributed by atoms with Crippen LogP contribution < -0.4 is 5.32 Å². The predicted molar refractivity (Wildman–Crippen MR) is 68.6 cm³/mol. The third-order valence-electron chi connectivity index (χ3n) is 2.62. The smallest absolute Gasteiger partial charge is 0.183 e. The first-order valence-electron chi connectivity index (χ1n) is 5.38. The van der Waals surface area contributed by atoms with E-state index in [1.54, 1.807) is 11.3 Å². The highest BCUT2D eigenvalue weighted by Gasteiger charge is 2.27. The van der Waals surface area contributed by atoms with Crippen LogP contribution in [0.4, 0.5) is 5.13 Å². The fourth-order valence-corrected chi connectivity index (χ4v) is 2.85. The van der Waals surface area contributed by atoms with Gasteiger partial charge in [0.1, 0.15) is 4.60 Å². The zero-order chi connectivity index (χ0) is 10.7. The maximum Gasteiger partial charge on any atom is 0.183 e. The Labute approximate surface area is 103 Å². The molecular weight excluding hydrogens is 274 g/mol. The van der Waals surface area contributed by atoms with Crippen LogP contribution in [0.1, 0.15) is 19.8 Å². The number of nitrogens with zero attached hydrogens (tertiary/aromatic N) is 2. The second kappa shape index (κ2) is 5.27. The third kappa shape index (κ3) is 3.43. The minimum atomic E-state index is 0.861. The van der Waals surface area contributed by atoms with E-state index < -0.39 is 0 Å². The first kappa shape index (κ1) is 11.4. The van der Waals surface area contributed by atoms with Crippen LogP contribution in [0.2, 0.25) is 0 Å². The number of hydrogen-bond donors (Lipinski definition) is 1. The molecule has 3 nitrogen and oxygen atoms in total. The molecule has 15 heavy (non-hydrogen) atoms. The van der Waals surface area contributed by atoms with Gasteiger partial charge < -0.3 is 5.32 Å². The highest BCUT2D eigenvalue weighted by atomic mass is 79.9. The fraction of sp³-hybridized carbons (Fsp3) is 0.700. The number of halogens is 1. The van der Waals surface area contributed by atoms with Crippen molar-refractivity contribution in [1.29, 1.82) is 0 Å². The fourth-order valence-electron chi connectivity index (χ4n) is 1.68. The van der Waals surface area contributed by atoms with Crippen molar-refractivity contribution in [2.45, 2.75) is 25.8 Å². The number of aromatic nitrogens is 1. The molecule has 0 aromatic carbocycles. The summed E-state index contributed by atoms with van der Waals surface area (Å²) in [6.45, 7) is 5.51. The maximum atomic E-state index is 4.30. The molecule has 0 aliphatic heterocycles. The van der Waals surface area contributed by atoms with Gasteiger partial charge in [0.25, 0.3) is 0 Å². The first-order chi connectivity index (χ1) is 7.29. The van der Waals surface area contributed by atoms with Gasteiger partial charge in [0, 0.05) is 24.5 Å². The Morgan fingerprint density at radius 3 is 3.00 bits per heavy atom. The van der Waals surface area contributed by atoms with Crippen LogP contribution in [0.25, 0.3) is 0 Å². The molecule has 0 unspecified atom stereocenters. The largest absolute Gasteiger partial charge is 0.360 e. The first-order valence-corrected chi connectivity index (χ1v) is 7.06. The molecule has 0 amide bonds. The molecule has 0 saturated heterocycles. The average molecular weight is 290 g/mol. The van der Waals surface area contributed by atoms with Crippen molar-refractivity contribution >= 4 is 32.4 Å². The average Bonchev–Trinajstić information content (AvgIpc) is 2.98. The van der Waals surface area contributed by atoms with Crippen molar-refractivity contribution in [1.82, 2.24) is 9.88 Å². The molecule has 1 aliphatic rings. The number of thiazole rings is 1. The van der Waals surface area contributed by atoms with Crippen LogP contribution >= 0.6 is 27.3 Å². The van der Waals surface area contributed by atoms with Gasteiger partial charge in [-0.2, -0.15) is 0 Å². The zero-order valence-electron chi connectivity index (χ0n) is 8.87. The van der Waals surface area contributed by atoms with Crippen LogP contribution in [0, 0.1) is 0 Å². The van der Waals surface area contributed by atoms with Crippen molar-refractivity contribution in [2.24, 2.45) is 0 Å². The van der Waals surface area contributed by atoms with Gasteiger partial charge >= 0.3 is 0 Å². The van der Waals surface area contributed by atoms with Gasteiger partial charge in [0.2, 0.25) is 0 Å².